The number of anilines is 1. The number of sulfonamides is 1. The number of nitrogens with one attached hydrogen (secondary N) is 1. The van der Waals surface area contributed by atoms with Crippen LogP contribution in [0.4, 0.5) is 5.82 Å². The third kappa shape index (κ3) is 4.90. The van der Waals surface area contributed by atoms with E-state index in [-0.39, 0.29) is 10.8 Å². The maximum absolute atomic E-state index is 12.1. The fourth-order valence-electron chi connectivity index (χ4n) is 1.93. The second-order valence-corrected chi connectivity index (χ2v) is 7.23. The summed E-state index contributed by atoms with van der Waals surface area (Å²) >= 11 is 0. The van der Waals surface area contributed by atoms with Gasteiger partial charge in [-0.2, -0.15) is 5.10 Å². The molecular weight excluding hydrogens is 316 g/mol. The molecule has 1 amide bonds. The molecule has 1 aromatic heterocycles. The van der Waals surface area contributed by atoms with E-state index in [1.54, 1.807) is 10.7 Å². The number of hydrogen-bond acceptors (Lipinski definition) is 4. The largest absolute Gasteiger partial charge is 0.305 e. The molecule has 0 saturated heterocycles. The second-order valence-electron chi connectivity index (χ2n) is 5.67. The molecule has 2 aromatic rings. The number of rotatable bonds is 6. The predicted molar refractivity (Wildman–Crippen MR) is 87.5 cm³/mol. The van der Waals surface area contributed by atoms with Crippen LogP contribution in [0.2, 0.25) is 0 Å². The number of aromatic nitrogens is 2. The Labute approximate surface area is 135 Å². The summed E-state index contributed by atoms with van der Waals surface area (Å²) < 4.78 is 24.1. The van der Waals surface area contributed by atoms with Crippen LogP contribution in [0.25, 0.3) is 0 Å². The molecule has 3 N–H and O–H groups in total. The lowest BCUT2D eigenvalue weighted by atomic mass is 10.1. The first-order valence-electron chi connectivity index (χ1n) is 7.23. The third-order valence-electron chi connectivity index (χ3n) is 3.26. The number of benzene rings is 1. The molecule has 0 aliphatic carbocycles. The summed E-state index contributed by atoms with van der Waals surface area (Å²) in [7, 11) is -3.76. The first-order chi connectivity index (χ1) is 10.8. The Morgan fingerprint density at radius 1 is 1.26 bits per heavy atom. The highest BCUT2D eigenvalue weighted by Crippen LogP contribution is 2.11. The van der Waals surface area contributed by atoms with Gasteiger partial charge in [0, 0.05) is 24.4 Å². The molecule has 124 valence electrons. The molecule has 0 aliphatic heterocycles. The van der Waals surface area contributed by atoms with E-state index in [0.29, 0.717) is 17.3 Å². The molecule has 0 bridgehead atoms. The number of hydrogen-bond donors (Lipinski definition) is 2. The van der Waals surface area contributed by atoms with Gasteiger partial charge in [0.25, 0.3) is 5.91 Å². The molecular formula is C15H20N4O3S. The highest BCUT2D eigenvalue weighted by molar-refractivity contribution is 7.89. The van der Waals surface area contributed by atoms with Gasteiger partial charge in [0.1, 0.15) is 0 Å². The summed E-state index contributed by atoms with van der Waals surface area (Å²) in [4.78, 5) is 12.1. The van der Waals surface area contributed by atoms with Crippen molar-refractivity contribution in [2.75, 3.05) is 5.32 Å². The van der Waals surface area contributed by atoms with Crippen LogP contribution in [0.15, 0.2) is 41.4 Å². The summed E-state index contributed by atoms with van der Waals surface area (Å²) in [6, 6.07) is 7.13. The molecule has 0 radical (unpaired) electrons. The molecule has 0 fully saturated rings. The Morgan fingerprint density at radius 3 is 2.48 bits per heavy atom. The van der Waals surface area contributed by atoms with Crippen LogP contribution >= 0.6 is 0 Å². The van der Waals surface area contributed by atoms with Crippen molar-refractivity contribution >= 4 is 21.7 Å². The van der Waals surface area contributed by atoms with E-state index in [4.69, 9.17) is 5.14 Å². The van der Waals surface area contributed by atoms with E-state index in [1.165, 1.54) is 24.3 Å². The molecule has 0 atom stereocenters. The monoisotopic (exact) mass is 336 g/mol. The summed E-state index contributed by atoms with van der Waals surface area (Å²) in [6.45, 7) is 5.06. The second kappa shape index (κ2) is 6.93. The topological polar surface area (TPSA) is 107 Å². The summed E-state index contributed by atoms with van der Waals surface area (Å²) in [5, 5.41) is 12.0. The number of carbonyl (C=O) groups is 1. The molecule has 1 aromatic carbocycles. The van der Waals surface area contributed by atoms with Crippen LogP contribution < -0.4 is 10.5 Å². The number of nitrogens with zero attached hydrogens (tertiary/aromatic N) is 2. The van der Waals surface area contributed by atoms with Gasteiger partial charge in [-0.05, 0) is 36.6 Å². The minimum atomic E-state index is -3.76. The van der Waals surface area contributed by atoms with Gasteiger partial charge >= 0.3 is 0 Å². The van der Waals surface area contributed by atoms with E-state index in [1.807, 2.05) is 6.20 Å². The van der Waals surface area contributed by atoms with Crippen molar-refractivity contribution in [1.29, 1.82) is 0 Å². The quantitative estimate of drug-likeness (QED) is 0.839. The number of amides is 1. The highest BCUT2D eigenvalue weighted by Gasteiger charge is 2.11. The molecule has 0 unspecified atom stereocenters. The van der Waals surface area contributed by atoms with Crippen LogP contribution in [0, 0.1) is 5.92 Å². The van der Waals surface area contributed by atoms with Crippen LogP contribution in [-0.4, -0.2) is 24.1 Å². The van der Waals surface area contributed by atoms with E-state index in [2.05, 4.69) is 24.3 Å². The standard InChI is InChI=1S/C15H20N4O3S/c1-11(2)7-9-19-10-8-14(18-19)17-15(20)12-3-5-13(6-4-12)23(16,21)22/h3-6,8,10-11H,7,9H2,1-2H3,(H2,16,21,22)(H,17,18,20). The first kappa shape index (κ1) is 17.2. The summed E-state index contributed by atoms with van der Waals surface area (Å²) in [5.74, 6) is 0.670. The number of nitrogens with two attached hydrogens (primary N) is 1. The van der Waals surface area contributed by atoms with Crippen molar-refractivity contribution in [3.8, 4) is 0 Å². The summed E-state index contributed by atoms with van der Waals surface area (Å²) in [6.07, 6.45) is 2.81. The average Bonchev–Trinajstić information content (AvgIpc) is 2.92. The number of primary sulfonamides is 1. The zero-order chi connectivity index (χ0) is 17.0. The van der Waals surface area contributed by atoms with Crippen molar-refractivity contribution in [3.63, 3.8) is 0 Å². The fourth-order valence-corrected chi connectivity index (χ4v) is 2.44. The number of carbonyl (C=O) groups excluding carboxylic acids is 1. The molecule has 0 saturated carbocycles. The molecule has 0 aliphatic rings. The molecule has 8 heteroatoms. The van der Waals surface area contributed by atoms with Crippen LogP contribution in [0.3, 0.4) is 0 Å². The molecule has 0 spiro atoms. The van der Waals surface area contributed by atoms with Crippen LogP contribution in [0.5, 0.6) is 0 Å². The zero-order valence-electron chi connectivity index (χ0n) is 13.1. The SMILES string of the molecule is CC(C)CCn1ccc(NC(=O)c2ccc(S(N)(=O)=O)cc2)n1. The Balaban J connectivity index is 2.02. The minimum absolute atomic E-state index is 0.0352. The van der Waals surface area contributed by atoms with Gasteiger partial charge in [-0.15, -0.1) is 0 Å². The van der Waals surface area contributed by atoms with Gasteiger partial charge in [0.2, 0.25) is 10.0 Å². The van der Waals surface area contributed by atoms with Gasteiger partial charge in [0.05, 0.1) is 4.90 Å². The normalized spacial score (nSPS) is 11.7. The van der Waals surface area contributed by atoms with E-state index in [9.17, 15) is 13.2 Å². The third-order valence-corrected chi connectivity index (χ3v) is 4.19. The molecule has 1 heterocycles. The van der Waals surface area contributed by atoms with Crippen molar-refractivity contribution in [3.05, 3.63) is 42.1 Å². The van der Waals surface area contributed by atoms with Gasteiger partial charge in [-0.25, -0.2) is 13.6 Å². The van der Waals surface area contributed by atoms with E-state index < -0.39 is 10.0 Å². The smallest absolute Gasteiger partial charge is 0.256 e. The van der Waals surface area contributed by atoms with E-state index in [0.717, 1.165) is 13.0 Å². The number of aryl methyl sites for hydroxylation is 1. The Hall–Kier alpha value is -2.19. The Bertz CT molecular complexity index is 779. The zero-order valence-corrected chi connectivity index (χ0v) is 13.9. The van der Waals surface area contributed by atoms with Crippen molar-refractivity contribution < 1.29 is 13.2 Å². The van der Waals surface area contributed by atoms with Gasteiger partial charge < -0.3 is 5.32 Å². The van der Waals surface area contributed by atoms with Gasteiger partial charge in [-0.3, -0.25) is 9.48 Å². The Kier molecular flexibility index (Phi) is 5.17. The summed E-state index contributed by atoms with van der Waals surface area (Å²) in [5.41, 5.74) is 0.328. The Morgan fingerprint density at radius 2 is 1.91 bits per heavy atom. The maximum Gasteiger partial charge on any atom is 0.256 e. The predicted octanol–water partition coefficient (Wildman–Crippen LogP) is 1.83. The van der Waals surface area contributed by atoms with Crippen molar-refractivity contribution in [2.45, 2.75) is 31.7 Å². The lowest BCUT2D eigenvalue weighted by Crippen LogP contribution is -2.15. The molecule has 23 heavy (non-hydrogen) atoms. The van der Waals surface area contributed by atoms with Crippen LogP contribution in [0.1, 0.15) is 30.6 Å². The first-order valence-corrected chi connectivity index (χ1v) is 8.78. The van der Waals surface area contributed by atoms with Crippen LogP contribution in [-0.2, 0) is 16.6 Å². The van der Waals surface area contributed by atoms with Crippen molar-refractivity contribution in [2.24, 2.45) is 11.1 Å². The fraction of sp³-hybridized carbons (Fsp3) is 0.333. The van der Waals surface area contributed by atoms with Gasteiger partial charge in [0.15, 0.2) is 5.82 Å². The minimum Gasteiger partial charge on any atom is -0.305 e. The molecule has 2 rings (SSSR count). The lowest BCUT2D eigenvalue weighted by molar-refractivity contribution is 0.102. The lowest BCUT2D eigenvalue weighted by Gasteiger charge is -2.05. The average molecular weight is 336 g/mol. The van der Waals surface area contributed by atoms with Crippen molar-refractivity contribution in [1.82, 2.24) is 9.78 Å². The molecule has 7 nitrogen and oxygen atoms in total. The van der Waals surface area contributed by atoms with E-state index >= 15 is 0 Å². The highest BCUT2D eigenvalue weighted by atomic mass is 32.2. The van der Waals surface area contributed by atoms with Gasteiger partial charge in [-0.1, -0.05) is 13.8 Å². The maximum atomic E-state index is 12.1.